The van der Waals surface area contributed by atoms with Crippen LogP contribution in [0.3, 0.4) is 0 Å². The second-order valence-electron chi connectivity index (χ2n) is 6.26. The lowest BCUT2D eigenvalue weighted by Crippen LogP contribution is -2.56. The summed E-state index contributed by atoms with van der Waals surface area (Å²) in [5.41, 5.74) is 1.14. The van der Waals surface area contributed by atoms with Gasteiger partial charge in [0.2, 0.25) is 5.91 Å². The molecule has 2 nitrogen and oxygen atoms in total. The molecule has 0 radical (unpaired) electrons. The van der Waals surface area contributed by atoms with Crippen LogP contribution in [0.2, 0.25) is 0 Å². The van der Waals surface area contributed by atoms with Crippen LogP contribution in [0.25, 0.3) is 10.8 Å². The van der Waals surface area contributed by atoms with Gasteiger partial charge in [0.05, 0.1) is 12.5 Å². The largest absolute Gasteiger partial charge is 0.330 e. The van der Waals surface area contributed by atoms with Gasteiger partial charge in [-0.3, -0.25) is 4.79 Å². The van der Waals surface area contributed by atoms with Gasteiger partial charge < -0.3 is 4.90 Å². The van der Waals surface area contributed by atoms with Crippen LogP contribution in [0.4, 0.5) is 0 Å². The molecule has 0 N–H and O–H groups in total. The van der Waals surface area contributed by atoms with Crippen LogP contribution in [-0.4, -0.2) is 16.3 Å². The first-order valence-electron chi connectivity index (χ1n) is 6.78. The van der Waals surface area contributed by atoms with E-state index in [2.05, 4.69) is 63.2 Å². The molecule has 0 aliphatic carbocycles. The van der Waals surface area contributed by atoms with Crippen molar-refractivity contribution in [2.24, 2.45) is 0 Å². The standard InChI is InChI=1S/C17H19NO/c1-17(2,3)18-15(11-16(18)19)14-9-8-12-6-4-5-7-13(12)10-14/h4-10,15H,11H2,1-3H3/t15-/m0/s1. The molecule has 0 saturated carbocycles. The van der Waals surface area contributed by atoms with E-state index >= 15 is 0 Å². The van der Waals surface area contributed by atoms with E-state index in [9.17, 15) is 4.79 Å². The summed E-state index contributed by atoms with van der Waals surface area (Å²) in [4.78, 5) is 13.8. The smallest absolute Gasteiger partial charge is 0.225 e. The predicted molar refractivity (Wildman–Crippen MR) is 77.9 cm³/mol. The van der Waals surface area contributed by atoms with Gasteiger partial charge in [-0.15, -0.1) is 0 Å². The molecule has 1 aliphatic rings. The maximum absolute atomic E-state index is 11.9. The van der Waals surface area contributed by atoms with Crippen LogP contribution in [0.1, 0.15) is 38.8 Å². The van der Waals surface area contributed by atoms with Gasteiger partial charge in [0, 0.05) is 5.54 Å². The molecule has 2 aromatic carbocycles. The first kappa shape index (κ1) is 12.2. The van der Waals surface area contributed by atoms with Crippen molar-refractivity contribution in [2.45, 2.75) is 38.8 Å². The number of hydrogen-bond donors (Lipinski definition) is 0. The number of amides is 1. The number of β-lactam (4-membered cyclic amide) rings is 1. The summed E-state index contributed by atoms with van der Waals surface area (Å²) < 4.78 is 0. The quantitative estimate of drug-likeness (QED) is 0.706. The fourth-order valence-electron chi connectivity index (χ4n) is 2.94. The van der Waals surface area contributed by atoms with Gasteiger partial charge in [-0.05, 0) is 43.2 Å². The van der Waals surface area contributed by atoms with Crippen molar-refractivity contribution in [1.82, 2.24) is 4.90 Å². The van der Waals surface area contributed by atoms with Crippen molar-refractivity contribution in [1.29, 1.82) is 0 Å². The number of nitrogens with zero attached hydrogens (tertiary/aromatic N) is 1. The first-order chi connectivity index (χ1) is 8.97. The Hall–Kier alpha value is -1.83. The number of fused-ring (bicyclic) bond motifs is 1. The highest BCUT2D eigenvalue weighted by atomic mass is 16.2. The van der Waals surface area contributed by atoms with Gasteiger partial charge in [-0.1, -0.05) is 36.4 Å². The Labute approximate surface area is 114 Å². The average Bonchev–Trinajstić information content (AvgIpc) is 2.33. The van der Waals surface area contributed by atoms with Crippen LogP contribution < -0.4 is 0 Å². The highest BCUT2D eigenvalue weighted by Crippen LogP contribution is 2.40. The molecule has 0 bridgehead atoms. The van der Waals surface area contributed by atoms with Gasteiger partial charge in [-0.2, -0.15) is 0 Å². The molecule has 0 unspecified atom stereocenters. The molecule has 19 heavy (non-hydrogen) atoms. The fourth-order valence-corrected chi connectivity index (χ4v) is 2.94. The zero-order chi connectivity index (χ0) is 13.6. The molecule has 1 fully saturated rings. The van der Waals surface area contributed by atoms with E-state index < -0.39 is 0 Å². The number of benzene rings is 2. The highest BCUT2D eigenvalue weighted by molar-refractivity contribution is 5.87. The summed E-state index contributed by atoms with van der Waals surface area (Å²) in [6.07, 6.45) is 0.635. The van der Waals surface area contributed by atoms with E-state index in [4.69, 9.17) is 0 Å². The van der Waals surface area contributed by atoms with E-state index in [1.165, 1.54) is 16.3 Å². The monoisotopic (exact) mass is 253 g/mol. The molecule has 1 atom stereocenters. The average molecular weight is 253 g/mol. The van der Waals surface area contributed by atoms with Crippen molar-refractivity contribution < 1.29 is 4.79 Å². The van der Waals surface area contributed by atoms with E-state index in [1.54, 1.807) is 0 Å². The second kappa shape index (κ2) is 4.09. The summed E-state index contributed by atoms with van der Waals surface area (Å²) in [6.45, 7) is 6.29. The Morgan fingerprint density at radius 3 is 2.37 bits per heavy atom. The third kappa shape index (κ3) is 2.01. The zero-order valence-electron chi connectivity index (χ0n) is 11.7. The van der Waals surface area contributed by atoms with E-state index in [-0.39, 0.29) is 17.5 Å². The SMILES string of the molecule is CC(C)(C)N1C(=O)C[C@H]1c1ccc2ccccc2c1. The molecule has 1 saturated heterocycles. The lowest BCUT2D eigenvalue weighted by molar-refractivity contribution is -0.154. The van der Waals surface area contributed by atoms with Crippen molar-refractivity contribution in [3.05, 3.63) is 48.0 Å². The summed E-state index contributed by atoms with van der Waals surface area (Å²) in [7, 11) is 0. The number of carbonyl (C=O) groups excluding carboxylic acids is 1. The van der Waals surface area contributed by atoms with Crippen molar-refractivity contribution >= 4 is 16.7 Å². The van der Waals surface area contributed by atoms with Gasteiger partial charge in [0.15, 0.2) is 0 Å². The molecule has 2 aromatic rings. The van der Waals surface area contributed by atoms with Crippen LogP contribution in [-0.2, 0) is 4.79 Å². The Morgan fingerprint density at radius 2 is 1.74 bits per heavy atom. The Morgan fingerprint density at radius 1 is 1.05 bits per heavy atom. The van der Waals surface area contributed by atoms with E-state index in [0.29, 0.717) is 6.42 Å². The molecular formula is C17H19NO. The molecule has 2 heteroatoms. The lowest BCUT2D eigenvalue weighted by Gasteiger charge is -2.49. The number of likely N-dealkylation sites (tertiary alicyclic amines) is 1. The van der Waals surface area contributed by atoms with Gasteiger partial charge in [0.25, 0.3) is 0 Å². The molecule has 3 rings (SSSR count). The Balaban J connectivity index is 1.99. The topological polar surface area (TPSA) is 20.3 Å². The minimum atomic E-state index is -0.106. The number of hydrogen-bond acceptors (Lipinski definition) is 1. The first-order valence-corrected chi connectivity index (χ1v) is 6.78. The van der Waals surface area contributed by atoms with Crippen molar-refractivity contribution in [3.63, 3.8) is 0 Å². The van der Waals surface area contributed by atoms with Crippen molar-refractivity contribution in [2.75, 3.05) is 0 Å². The van der Waals surface area contributed by atoms with E-state index in [0.717, 1.165) is 0 Å². The maximum Gasteiger partial charge on any atom is 0.225 e. The van der Waals surface area contributed by atoms with Crippen molar-refractivity contribution in [3.8, 4) is 0 Å². The minimum absolute atomic E-state index is 0.106. The second-order valence-corrected chi connectivity index (χ2v) is 6.26. The zero-order valence-corrected chi connectivity index (χ0v) is 11.7. The number of rotatable bonds is 1. The Bertz CT molecular complexity index is 639. The molecule has 1 aliphatic heterocycles. The van der Waals surface area contributed by atoms with Crippen LogP contribution in [0.5, 0.6) is 0 Å². The minimum Gasteiger partial charge on any atom is -0.330 e. The summed E-state index contributed by atoms with van der Waals surface area (Å²) in [6, 6.07) is 15.1. The summed E-state index contributed by atoms with van der Waals surface area (Å²) in [5, 5.41) is 2.49. The van der Waals surface area contributed by atoms with Gasteiger partial charge in [-0.25, -0.2) is 0 Å². The lowest BCUT2D eigenvalue weighted by atomic mass is 9.87. The Kier molecular flexibility index (Phi) is 2.63. The van der Waals surface area contributed by atoms with Crippen LogP contribution >= 0.6 is 0 Å². The van der Waals surface area contributed by atoms with Crippen LogP contribution in [0.15, 0.2) is 42.5 Å². The molecule has 0 spiro atoms. The highest BCUT2D eigenvalue weighted by Gasteiger charge is 2.43. The predicted octanol–water partition coefficient (Wildman–Crippen LogP) is 3.91. The summed E-state index contributed by atoms with van der Waals surface area (Å²) in [5.74, 6) is 0.255. The molecule has 0 aromatic heterocycles. The third-order valence-electron chi connectivity index (χ3n) is 3.83. The summed E-state index contributed by atoms with van der Waals surface area (Å²) >= 11 is 0. The third-order valence-corrected chi connectivity index (χ3v) is 3.83. The molecular weight excluding hydrogens is 234 g/mol. The van der Waals surface area contributed by atoms with E-state index in [1.807, 2.05) is 4.90 Å². The number of carbonyl (C=O) groups is 1. The molecule has 1 amide bonds. The maximum atomic E-state index is 11.9. The van der Waals surface area contributed by atoms with Gasteiger partial charge >= 0.3 is 0 Å². The van der Waals surface area contributed by atoms with Gasteiger partial charge in [0.1, 0.15) is 0 Å². The molecule has 1 heterocycles. The molecule has 98 valence electrons. The fraction of sp³-hybridized carbons (Fsp3) is 0.353. The normalized spacial score (nSPS) is 19.6. The van der Waals surface area contributed by atoms with Crippen LogP contribution in [0, 0.1) is 0 Å².